The van der Waals surface area contributed by atoms with E-state index in [2.05, 4.69) is 81.4 Å². The summed E-state index contributed by atoms with van der Waals surface area (Å²) in [6.07, 6.45) is 0. The highest BCUT2D eigenvalue weighted by Crippen LogP contribution is 2.25. The third-order valence-electron chi connectivity index (χ3n) is 4.57. The van der Waals surface area contributed by atoms with Crippen LogP contribution in [0.15, 0.2) is 53.5 Å². The number of nitrogens with zero attached hydrogens (tertiary/aromatic N) is 1. The van der Waals surface area contributed by atoms with E-state index in [1.165, 1.54) is 22.9 Å². The van der Waals surface area contributed by atoms with Crippen molar-refractivity contribution >= 4 is 51.5 Å². The summed E-state index contributed by atoms with van der Waals surface area (Å²) in [6, 6.07) is 16.3. The summed E-state index contributed by atoms with van der Waals surface area (Å²) in [5.74, 6) is 0.499. The van der Waals surface area contributed by atoms with Crippen molar-refractivity contribution in [3.63, 3.8) is 0 Å². The van der Waals surface area contributed by atoms with E-state index in [-0.39, 0.29) is 16.7 Å². The van der Waals surface area contributed by atoms with Gasteiger partial charge in [-0.25, -0.2) is 4.99 Å². The molecule has 0 aliphatic carbocycles. The fourth-order valence-corrected chi connectivity index (χ4v) is 3.55. The molecule has 4 N–H and O–H groups in total. The Labute approximate surface area is 195 Å². The van der Waals surface area contributed by atoms with Gasteiger partial charge in [0, 0.05) is 5.69 Å². The number of anilines is 1. The third-order valence-corrected chi connectivity index (χ3v) is 5.54. The van der Waals surface area contributed by atoms with Gasteiger partial charge in [-0.05, 0) is 58.4 Å². The average Bonchev–Trinajstić information content (AvgIpc) is 3.06. The van der Waals surface area contributed by atoms with Crippen molar-refractivity contribution < 1.29 is 4.79 Å². The van der Waals surface area contributed by atoms with E-state index in [0.717, 1.165) is 11.4 Å². The molecule has 31 heavy (non-hydrogen) atoms. The topological polar surface area (TPSA) is 79.5 Å². The van der Waals surface area contributed by atoms with E-state index < -0.39 is 0 Å². The highest BCUT2D eigenvalue weighted by molar-refractivity contribution is 8.15. The summed E-state index contributed by atoms with van der Waals surface area (Å²) in [7, 11) is 0. The molecular weight excluding hydrogens is 424 g/mol. The fraction of sp³-hybridized carbons (Fsp3) is 0.375. The molecular formula is C24H32N4OS2. The van der Waals surface area contributed by atoms with Gasteiger partial charge in [-0.15, -0.1) is 0 Å². The van der Waals surface area contributed by atoms with Gasteiger partial charge in [0.1, 0.15) is 0 Å². The number of hydrogen-bond donors (Lipinski definition) is 3. The third kappa shape index (κ3) is 8.34. The Balaban J connectivity index is 0.000000225. The Morgan fingerprint density at radius 3 is 1.84 bits per heavy atom. The molecule has 0 aromatic heterocycles. The lowest BCUT2D eigenvalue weighted by molar-refractivity contribution is -0.116. The van der Waals surface area contributed by atoms with Crippen LogP contribution in [-0.2, 0) is 15.6 Å². The second kappa shape index (κ2) is 10.3. The minimum Gasteiger partial charge on any atom is -0.376 e. The van der Waals surface area contributed by atoms with Gasteiger partial charge in [0.2, 0.25) is 5.91 Å². The van der Waals surface area contributed by atoms with E-state index in [1.807, 2.05) is 24.3 Å². The number of thiocarbonyl (C=S) groups is 1. The Morgan fingerprint density at radius 2 is 1.45 bits per heavy atom. The maximum absolute atomic E-state index is 11.0. The number of carbonyl (C=O) groups is 1. The highest BCUT2D eigenvalue weighted by Gasteiger charge is 2.17. The molecule has 1 heterocycles. The zero-order valence-corrected chi connectivity index (χ0v) is 20.7. The predicted octanol–water partition coefficient (Wildman–Crippen LogP) is 5.47. The van der Waals surface area contributed by atoms with Crippen molar-refractivity contribution in [1.29, 1.82) is 0 Å². The monoisotopic (exact) mass is 456 g/mol. The molecule has 0 radical (unpaired) electrons. The van der Waals surface area contributed by atoms with Gasteiger partial charge >= 0.3 is 0 Å². The van der Waals surface area contributed by atoms with Crippen LogP contribution in [0, 0.1) is 0 Å². The number of aliphatic imine (C=N–C) groups is 1. The normalized spacial score (nSPS) is 15.2. The van der Waals surface area contributed by atoms with Crippen molar-refractivity contribution in [3.05, 3.63) is 59.7 Å². The lowest BCUT2D eigenvalue weighted by atomic mass is 9.87. The minimum absolute atomic E-state index is 0.0278. The Bertz CT molecular complexity index is 938. The molecule has 2 aromatic carbocycles. The molecule has 2 aromatic rings. The van der Waals surface area contributed by atoms with Crippen LogP contribution >= 0.6 is 24.0 Å². The summed E-state index contributed by atoms with van der Waals surface area (Å²) in [5, 5.41) is 6.61. The quantitative estimate of drug-likeness (QED) is 0.522. The van der Waals surface area contributed by atoms with Crippen molar-refractivity contribution in [2.45, 2.75) is 52.4 Å². The summed E-state index contributed by atoms with van der Waals surface area (Å²) in [4.78, 5) is 15.4. The molecule has 1 aliphatic rings. The van der Waals surface area contributed by atoms with Crippen LogP contribution in [0.3, 0.4) is 0 Å². The molecule has 0 unspecified atom stereocenters. The van der Waals surface area contributed by atoms with Crippen molar-refractivity contribution in [2.75, 3.05) is 11.1 Å². The standard InChI is InChI=1S/C13H16N2OS.C11H16N2S/c1-13(2,3)9-4-6-10(7-5-9)14-12-15-11(16)8-17-12;1-11(2,3)8-4-6-9(7-5-8)13-10(12)14/h4-7H,8H2,1-3H3,(H,14,15,16);4-7H,1-3H3,(H3,12,13,14). The van der Waals surface area contributed by atoms with Crippen molar-refractivity contribution in [1.82, 2.24) is 5.32 Å². The Kier molecular flexibility index (Phi) is 8.26. The van der Waals surface area contributed by atoms with Gasteiger partial charge < -0.3 is 16.4 Å². The number of nitrogens with one attached hydrogen (secondary N) is 2. The molecule has 1 amide bonds. The lowest BCUT2D eigenvalue weighted by Gasteiger charge is -2.19. The summed E-state index contributed by atoms with van der Waals surface area (Å²) < 4.78 is 0. The molecule has 1 saturated heterocycles. The number of thioether (sulfide) groups is 1. The molecule has 166 valence electrons. The van der Waals surface area contributed by atoms with Gasteiger partial charge in [-0.1, -0.05) is 77.6 Å². The first-order valence-electron chi connectivity index (χ1n) is 10.1. The Hall–Kier alpha value is -2.38. The Morgan fingerprint density at radius 1 is 0.968 bits per heavy atom. The average molecular weight is 457 g/mol. The zero-order chi connectivity index (χ0) is 23.2. The van der Waals surface area contributed by atoms with E-state index in [0.29, 0.717) is 16.0 Å². The van der Waals surface area contributed by atoms with E-state index in [9.17, 15) is 4.79 Å². The van der Waals surface area contributed by atoms with E-state index in [1.54, 1.807) is 0 Å². The molecule has 0 spiro atoms. The van der Waals surface area contributed by atoms with Gasteiger partial charge in [0.25, 0.3) is 0 Å². The number of amidine groups is 1. The lowest BCUT2D eigenvalue weighted by Crippen LogP contribution is -2.19. The smallest absolute Gasteiger partial charge is 0.236 e. The van der Waals surface area contributed by atoms with Gasteiger partial charge in [0.05, 0.1) is 11.4 Å². The molecule has 1 aliphatic heterocycles. The first-order valence-corrected chi connectivity index (χ1v) is 11.5. The largest absolute Gasteiger partial charge is 0.376 e. The molecule has 0 bridgehead atoms. The number of benzene rings is 2. The van der Waals surface area contributed by atoms with Crippen molar-refractivity contribution in [3.8, 4) is 0 Å². The predicted molar refractivity (Wildman–Crippen MR) is 138 cm³/mol. The van der Waals surface area contributed by atoms with E-state index in [4.69, 9.17) is 18.0 Å². The summed E-state index contributed by atoms with van der Waals surface area (Å²) in [5.41, 5.74) is 10.1. The molecule has 5 nitrogen and oxygen atoms in total. The van der Waals surface area contributed by atoms with Crippen LogP contribution in [0.25, 0.3) is 0 Å². The first kappa shape index (κ1) is 24.9. The number of nitrogens with two attached hydrogens (primary N) is 1. The second-order valence-corrected chi connectivity index (χ2v) is 10.8. The van der Waals surface area contributed by atoms with Crippen LogP contribution < -0.4 is 16.4 Å². The number of hydrogen-bond acceptors (Lipinski definition) is 4. The van der Waals surface area contributed by atoms with Crippen molar-refractivity contribution in [2.24, 2.45) is 10.7 Å². The number of amides is 1. The van der Waals surface area contributed by atoms with Crippen LogP contribution in [0.5, 0.6) is 0 Å². The maximum Gasteiger partial charge on any atom is 0.236 e. The number of rotatable bonds is 2. The molecule has 3 rings (SSSR count). The molecule has 0 saturated carbocycles. The fourth-order valence-electron chi connectivity index (χ4n) is 2.73. The molecule has 0 atom stereocenters. The second-order valence-electron chi connectivity index (χ2n) is 9.37. The molecule has 1 fully saturated rings. The SMILES string of the molecule is CC(C)(C)c1ccc(N=C2NC(=O)CS2)cc1.CC(C)(C)c1ccc(NC(N)=S)cc1. The van der Waals surface area contributed by atoms with E-state index >= 15 is 0 Å². The van der Waals surface area contributed by atoms with Crippen LogP contribution in [0.1, 0.15) is 52.7 Å². The highest BCUT2D eigenvalue weighted by atomic mass is 32.2. The van der Waals surface area contributed by atoms with Gasteiger partial charge in [-0.2, -0.15) is 0 Å². The molecule has 7 heteroatoms. The number of carbonyl (C=O) groups excluding carboxylic acids is 1. The van der Waals surface area contributed by atoms with Crippen LogP contribution in [0.4, 0.5) is 11.4 Å². The summed E-state index contributed by atoms with van der Waals surface area (Å²) in [6.45, 7) is 13.1. The zero-order valence-electron chi connectivity index (χ0n) is 19.1. The van der Waals surface area contributed by atoms with Gasteiger partial charge in [-0.3, -0.25) is 4.79 Å². The van der Waals surface area contributed by atoms with Crippen LogP contribution in [-0.4, -0.2) is 21.9 Å². The first-order chi connectivity index (χ1) is 14.3. The summed E-state index contributed by atoms with van der Waals surface area (Å²) >= 11 is 6.19. The van der Waals surface area contributed by atoms with Crippen LogP contribution in [0.2, 0.25) is 0 Å². The minimum atomic E-state index is 0.0278. The maximum atomic E-state index is 11.0. The van der Waals surface area contributed by atoms with Gasteiger partial charge in [0.15, 0.2) is 10.3 Å².